The van der Waals surface area contributed by atoms with Gasteiger partial charge in [0.1, 0.15) is 5.66 Å². The summed E-state index contributed by atoms with van der Waals surface area (Å²) in [4.78, 5) is 24.4. The molecule has 0 fully saturated rings. The first-order valence-electron chi connectivity index (χ1n) is 7.10. The Hall–Kier alpha value is -2.82. The molecule has 0 saturated heterocycles. The van der Waals surface area contributed by atoms with E-state index < -0.39 is 5.66 Å². The van der Waals surface area contributed by atoms with Gasteiger partial charge in [-0.15, -0.1) is 0 Å². The minimum Gasteiger partial charge on any atom is -0.362 e. The minimum atomic E-state index is -0.815. The third-order valence-electron chi connectivity index (χ3n) is 3.54. The SMILES string of the molecule is CC1(CC(=O)Nc2ccccc2)NC(=O)c2ccccc2N1. The lowest BCUT2D eigenvalue weighted by molar-refractivity contribution is -0.117. The number of hydrogen-bond donors (Lipinski definition) is 3. The van der Waals surface area contributed by atoms with Crippen molar-refractivity contribution in [1.82, 2.24) is 5.32 Å². The van der Waals surface area contributed by atoms with Gasteiger partial charge in [-0.2, -0.15) is 0 Å². The Morgan fingerprint density at radius 3 is 2.50 bits per heavy atom. The minimum absolute atomic E-state index is 0.127. The molecular formula is C17H17N3O2. The standard InChI is InChI=1S/C17H17N3O2/c1-17(11-15(21)18-12-7-3-2-4-8-12)19-14-10-6-5-9-13(14)16(22)20-17/h2-10,19H,11H2,1H3,(H,18,21)(H,20,22). The smallest absolute Gasteiger partial charge is 0.255 e. The van der Waals surface area contributed by atoms with Gasteiger partial charge in [0, 0.05) is 11.4 Å². The second kappa shape index (κ2) is 5.52. The molecule has 3 rings (SSSR count). The normalized spacial score (nSPS) is 19.6. The maximum Gasteiger partial charge on any atom is 0.255 e. The van der Waals surface area contributed by atoms with E-state index in [1.54, 1.807) is 13.0 Å². The molecule has 0 saturated carbocycles. The summed E-state index contributed by atoms with van der Waals surface area (Å²) >= 11 is 0. The Kier molecular flexibility index (Phi) is 3.55. The molecule has 2 amide bonds. The van der Waals surface area contributed by atoms with E-state index in [0.717, 1.165) is 11.4 Å². The molecule has 2 aromatic rings. The molecule has 0 spiro atoms. The van der Waals surface area contributed by atoms with Crippen LogP contribution in [0.3, 0.4) is 0 Å². The van der Waals surface area contributed by atoms with Gasteiger partial charge in [-0.05, 0) is 31.2 Å². The number of carbonyl (C=O) groups excluding carboxylic acids is 2. The summed E-state index contributed by atoms with van der Waals surface area (Å²) in [5.74, 6) is -0.342. The summed E-state index contributed by atoms with van der Waals surface area (Å²) in [7, 11) is 0. The van der Waals surface area contributed by atoms with E-state index in [4.69, 9.17) is 0 Å². The molecule has 1 atom stereocenters. The molecule has 0 radical (unpaired) electrons. The molecule has 0 aromatic heterocycles. The molecule has 0 bridgehead atoms. The average molecular weight is 295 g/mol. The van der Waals surface area contributed by atoms with Gasteiger partial charge in [0.25, 0.3) is 5.91 Å². The third-order valence-corrected chi connectivity index (χ3v) is 3.54. The Morgan fingerprint density at radius 2 is 1.73 bits per heavy atom. The largest absolute Gasteiger partial charge is 0.362 e. The average Bonchev–Trinajstić information content (AvgIpc) is 2.47. The van der Waals surface area contributed by atoms with E-state index in [2.05, 4.69) is 16.0 Å². The molecule has 22 heavy (non-hydrogen) atoms. The Bertz CT molecular complexity index is 715. The molecule has 1 heterocycles. The lowest BCUT2D eigenvalue weighted by Crippen LogP contribution is -2.57. The van der Waals surface area contributed by atoms with Crippen molar-refractivity contribution in [2.75, 3.05) is 10.6 Å². The maximum absolute atomic E-state index is 12.2. The first kappa shape index (κ1) is 14.1. The Labute approximate surface area is 128 Å². The first-order valence-corrected chi connectivity index (χ1v) is 7.10. The Balaban J connectivity index is 1.72. The van der Waals surface area contributed by atoms with Crippen LogP contribution in [0.25, 0.3) is 0 Å². The van der Waals surface area contributed by atoms with Crippen LogP contribution in [0.4, 0.5) is 11.4 Å². The van der Waals surface area contributed by atoms with Crippen LogP contribution >= 0.6 is 0 Å². The van der Waals surface area contributed by atoms with Crippen LogP contribution in [-0.2, 0) is 4.79 Å². The van der Waals surface area contributed by atoms with E-state index >= 15 is 0 Å². The highest BCUT2D eigenvalue weighted by atomic mass is 16.2. The number of nitrogens with one attached hydrogen (secondary N) is 3. The summed E-state index contributed by atoms with van der Waals surface area (Å²) in [6.07, 6.45) is 0.127. The van der Waals surface area contributed by atoms with Gasteiger partial charge in [-0.1, -0.05) is 30.3 Å². The van der Waals surface area contributed by atoms with Gasteiger partial charge in [-0.3, -0.25) is 9.59 Å². The Morgan fingerprint density at radius 1 is 1.05 bits per heavy atom. The molecule has 2 aromatic carbocycles. The zero-order valence-corrected chi connectivity index (χ0v) is 12.2. The second-order valence-corrected chi connectivity index (χ2v) is 5.55. The van der Waals surface area contributed by atoms with Crippen molar-refractivity contribution in [2.24, 2.45) is 0 Å². The number of anilines is 2. The van der Waals surface area contributed by atoms with Crippen molar-refractivity contribution in [2.45, 2.75) is 19.0 Å². The summed E-state index contributed by atoms with van der Waals surface area (Å²) < 4.78 is 0. The predicted octanol–water partition coefficient (Wildman–Crippen LogP) is 2.59. The van der Waals surface area contributed by atoms with E-state index in [1.165, 1.54) is 0 Å². The summed E-state index contributed by atoms with van der Waals surface area (Å²) in [6, 6.07) is 16.5. The van der Waals surface area contributed by atoms with Gasteiger partial charge < -0.3 is 16.0 Å². The molecule has 1 unspecified atom stereocenters. The molecule has 5 heteroatoms. The number of amides is 2. The zero-order chi connectivity index (χ0) is 15.6. The molecule has 0 aliphatic carbocycles. The lowest BCUT2D eigenvalue weighted by atomic mass is 10.0. The van der Waals surface area contributed by atoms with Crippen LogP contribution < -0.4 is 16.0 Å². The van der Waals surface area contributed by atoms with Gasteiger partial charge in [-0.25, -0.2) is 0 Å². The van der Waals surface area contributed by atoms with E-state index in [0.29, 0.717) is 5.56 Å². The van der Waals surface area contributed by atoms with Gasteiger partial charge in [0.2, 0.25) is 5.91 Å². The van der Waals surface area contributed by atoms with Crippen molar-refractivity contribution < 1.29 is 9.59 Å². The number of fused-ring (bicyclic) bond motifs is 1. The topological polar surface area (TPSA) is 70.2 Å². The third kappa shape index (κ3) is 2.93. The van der Waals surface area contributed by atoms with Crippen molar-refractivity contribution in [3.63, 3.8) is 0 Å². The fourth-order valence-electron chi connectivity index (χ4n) is 2.57. The molecule has 1 aliphatic rings. The number of para-hydroxylation sites is 2. The summed E-state index contributed by atoms with van der Waals surface area (Å²) in [5.41, 5.74) is 1.24. The van der Waals surface area contributed by atoms with Crippen LogP contribution in [0.1, 0.15) is 23.7 Å². The number of carbonyl (C=O) groups is 2. The number of rotatable bonds is 3. The van der Waals surface area contributed by atoms with Crippen molar-refractivity contribution in [1.29, 1.82) is 0 Å². The number of hydrogen-bond acceptors (Lipinski definition) is 3. The van der Waals surface area contributed by atoms with E-state index in [1.807, 2.05) is 48.5 Å². The van der Waals surface area contributed by atoms with Crippen LogP contribution in [0.5, 0.6) is 0 Å². The number of benzene rings is 2. The van der Waals surface area contributed by atoms with Crippen molar-refractivity contribution >= 4 is 23.2 Å². The molecule has 5 nitrogen and oxygen atoms in total. The van der Waals surface area contributed by atoms with Crippen molar-refractivity contribution in [3.8, 4) is 0 Å². The fourth-order valence-corrected chi connectivity index (χ4v) is 2.57. The van der Waals surface area contributed by atoms with Gasteiger partial charge in [0.05, 0.1) is 12.0 Å². The zero-order valence-electron chi connectivity index (χ0n) is 12.2. The van der Waals surface area contributed by atoms with Gasteiger partial charge in [0.15, 0.2) is 0 Å². The van der Waals surface area contributed by atoms with Crippen LogP contribution in [0.15, 0.2) is 54.6 Å². The maximum atomic E-state index is 12.2. The summed E-state index contributed by atoms with van der Waals surface area (Å²) in [5, 5.41) is 8.91. The van der Waals surface area contributed by atoms with E-state index in [9.17, 15) is 9.59 Å². The van der Waals surface area contributed by atoms with E-state index in [-0.39, 0.29) is 18.2 Å². The molecule has 3 N–H and O–H groups in total. The van der Waals surface area contributed by atoms with Crippen LogP contribution in [0, 0.1) is 0 Å². The van der Waals surface area contributed by atoms with Crippen LogP contribution in [-0.4, -0.2) is 17.5 Å². The quantitative estimate of drug-likeness (QED) is 0.815. The van der Waals surface area contributed by atoms with Crippen LogP contribution in [0.2, 0.25) is 0 Å². The van der Waals surface area contributed by atoms with Crippen molar-refractivity contribution in [3.05, 3.63) is 60.2 Å². The monoisotopic (exact) mass is 295 g/mol. The lowest BCUT2D eigenvalue weighted by Gasteiger charge is -2.37. The highest BCUT2D eigenvalue weighted by Crippen LogP contribution is 2.26. The highest BCUT2D eigenvalue weighted by molar-refractivity contribution is 6.03. The molecule has 112 valence electrons. The predicted molar refractivity (Wildman–Crippen MR) is 85.6 cm³/mol. The second-order valence-electron chi connectivity index (χ2n) is 5.55. The summed E-state index contributed by atoms with van der Waals surface area (Å²) in [6.45, 7) is 1.80. The molecular weight excluding hydrogens is 278 g/mol. The molecule has 1 aliphatic heterocycles. The first-order chi connectivity index (χ1) is 10.6. The fraction of sp³-hybridized carbons (Fsp3) is 0.176. The highest BCUT2D eigenvalue weighted by Gasteiger charge is 2.34. The van der Waals surface area contributed by atoms with Gasteiger partial charge >= 0.3 is 0 Å².